The van der Waals surface area contributed by atoms with E-state index < -0.39 is 0 Å². The van der Waals surface area contributed by atoms with Crippen LogP contribution in [0.5, 0.6) is 0 Å². The zero-order valence-corrected chi connectivity index (χ0v) is 14.1. The van der Waals surface area contributed by atoms with E-state index in [0.29, 0.717) is 31.9 Å². The van der Waals surface area contributed by atoms with Crippen LogP contribution in [0, 0.1) is 12.7 Å². The molecular formula is C18H25FN2O3. The Labute approximate surface area is 142 Å². The lowest BCUT2D eigenvalue weighted by molar-refractivity contribution is -0.131. The third-order valence-corrected chi connectivity index (χ3v) is 4.70. The highest BCUT2D eigenvalue weighted by Crippen LogP contribution is 2.24. The number of halogens is 1. The molecule has 0 bridgehead atoms. The van der Waals surface area contributed by atoms with Gasteiger partial charge in [-0.2, -0.15) is 0 Å². The number of carbonyl (C=O) groups is 1. The molecule has 24 heavy (non-hydrogen) atoms. The fourth-order valence-corrected chi connectivity index (χ4v) is 3.31. The molecule has 6 heteroatoms. The van der Waals surface area contributed by atoms with Gasteiger partial charge in [0.15, 0.2) is 6.29 Å². The van der Waals surface area contributed by atoms with Gasteiger partial charge in [0.25, 0.3) is 0 Å². The summed E-state index contributed by atoms with van der Waals surface area (Å²) in [5, 5.41) is 2.88. The number of ether oxygens (including phenoxy) is 2. The number of nitrogens with one attached hydrogen (secondary N) is 1. The van der Waals surface area contributed by atoms with Gasteiger partial charge in [0.05, 0.1) is 25.8 Å². The number of rotatable bonds is 5. The molecule has 0 saturated carbocycles. The average Bonchev–Trinajstić information content (AvgIpc) is 3.11. The Kier molecular flexibility index (Phi) is 5.81. The Morgan fingerprint density at radius 2 is 2.12 bits per heavy atom. The molecule has 1 atom stereocenters. The van der Waals surface area contributed by atoms with E-state index in [4.69, 9.17) is 9.47 Å². The lowest BCUT2D eigenvalue weighted by Crippen LogP contribution is -2.50. The van der Waals surface area contributed by atoms with Crippen molar-refractivity contribution < 1.29 is 18.7 Å². The summed E-state index contributed by atoms with van der Waals surface area (Å²) < 4.78 is 24.8. The van der Waals surface area contributed by atoms with E-state index in [1.165, 1.54) is 6.07 Å². The van der Waals surface area contributed by atoms with Gasteiger partial charge in [-0.05, 0) is 43.5 Å². The molecule has 3 rings (SSSR count). The second-order valence-corrected chi connectivity index (χ2v) is 6.50. The molecule has 5 nitrogen and oxygen atoms in total. The Morgan fingerprint density at radius 1 is 1.33 bits per heavy atom. The van der Waals surface area contributed by atoms with E-state index in [-0.39, 0.29) is 24.1 Å². The maximum atomic E-state index is 13.6. The SMILES string of the molecule is Cc1ccc(CNC(=O)CN2CCCCC2C2OCCO2)cc1F. The molecule has 0 aromatic heterocycles. The summed E-state index contributed by atoms with van der Waals surface area (Å²) in [6, 6.07) is 5.18. The lowest BCUT2D eigenvalue weighted by atomic mass is 10.0. The molecule has 2 aliphatic rings. The van der Waals surface area contributed by atoms with Gasteiger partial charge in [-0.15, -0.1) is 0 Å². The standard InChI is InChI=1S/C18H25FN2O3/c1-13-5-6-14(10-15(13)19)11-20-17(22)12-21-7-3-2-4-16(21)18-23-8-9-24-18/h5-6,10,16,18H,2-4,7-9,11-12H2,1H3,(H,20,22). The van der Waals surface area contributed by atoms with E-state index in [0.717, 1.165) is 31.4 Å². The largest absolute Gasteiger partial charge is 0.351 e. The Balaban J connectivity index is 1.51. The topological polar surface area (TPSA) is 50.8 Å². The molecule has 0 aliphatic carbocycles. The summed E-state index contributed by atoms with van der Waals surface area (Å²) in [5.41, 5.74) is 1.38. The quantitative estimate of drug-likeness (QED) is 0.893. The molecule has 2 fully saturated rings. The van der Waals surface area contributed by atoms with Gasteiger partial charge >= 0.3 is 0 Å². The maximum absolute atomic E-state index is 13.6. The van der Waals surface area contributed by atoms with Crippen LogP contribution < -0.4 is 5.32 Å². The van der Waals surface area contributed by atoms with Crippen LogP contribution >= 0.6 is 0 Å². The molecule has 1 N–H and O–H groups in total. The molecule has 2 saturated heterocycles. The molecule has 1 unspecified atom stereocenters. The Bertz CT molecular complexity index is 575. The van der Waals surface area contributed by atoms with Gasteiger partial charge in [0.1, 0.15) is 5.82 Å². The number of nitrogens with zero attached hydrogens (tertiary/aromatic N) is 1. The van der Waals surface area contributed by atoms with Crippen LogP contribution in [0.25, 0.3) is 0 Å². The highest BCUT2D eigenvalue weighted by atomic mass is 19.1. The van der Waals surface area contributed by atoms with Crippen LogP contribution in [0.15, 0.2) is 18.2 Å². The van der Waals surface area contributed by atoms with Crippen LogP contribution in [-0.2, 0) is 20.8 Å². The van der Waals surface area contributed by atoms with Crippen LogP contribution in [0.3, 0.4) is 0 Å². The number of hydrogen-bond acceptors (Lipinski definition) is 4. The molecule has 1 amide bonds. The number of hydrogen-bond donors (Lipinski definition) is 1. The summed E-state index contributed by atoms with van der Waals surface area (Å²) in [4.78, 5) is 14.4. The second kappa shape index (κ2) is 8.05. The number of amides is 1. The van der Waals surface area contributed by atoms with Crippen molar-refractivity contribution in [2.75, 3.05) is 26.3 Å². The summed E-state index contributed by atoms with van der Waals surface area (Å²) in [6.45, 7) is 4.51. The monoisotopic (exact) mass is 336 g/mol. The van der Waals surface area contributed by atoms with Crippen molar-refractivity contribution in [1.29, 1.82) is 0 Å². The first kappa shape index (κ1) is 17.3. The van der Waals surface area contributed by atoms with E-state index in [9.17, 15) is 9.18 Å². The number of carbonyl (C=O) groups excluding carboxylic acids is 1. The fraction of sp³-hybridized carbons (Fsp3) is 0.611. The van der Waals surface area contributed by atoms with Crippen molar-refractivity contribution >= 4 is 5.91 Å². The summed E-state index contributed by atoms with van der Waals surface area (Å²) >= 11 is 0. The van der Waals surface area contributed by atoms with Crippen LogP contribution in [-0.4, -0.2) is 49.4 Å². The molecule has 1 aromatic carbocycles. The van der Waals surface area contributed by atoms with E-state index >= 15 is 0 Å². The van der Waals surface area contributed by atoms with Crippen molar-refractivity contribution in [1.82, 2.24) is 10.2 Å². The number of benzene rings is 1. The minimum atomic E-state index is -0.242. The number of piperidine rings is 1. The third-order valence-electron chi connectivity index (χ3n) is 4.70. The van der Waals surface area contributed by atoms with Gasteiger partial charge in [0.2, 0.25) is 5.91 Å². The van der Waals surface area contributed by atoms with Crippen LogP contribution in [0.4, 0.5) is 4.39 Å². The van der Waals surface area contributed by atoms with E-state index in [1.54, 1.807) is 13.0 Å². The van der Waals surface area contributed by atoms with Crippen LogP contribution in [0.1, 0.15) is 30.4 Å². The Morgan fingerprint density at radius 3 is 2.88 bits per heavy atom. The van der Waals surface area contributed by atoms with Gasteiger partial charge in [-0.1, -0.05) is 18.6 Å². The van der Waals surface area contributed by atoms with E-state index in [2.05, 4.69) is 10.2 Å². The van der Waals surface area contributed by atoms with E-state index in [1.807, 2.05) is 6.07 Å². The molecule has 2 heterocycles. The van der Waals surface area contributed by atoms with Gasteiger partial charge in [-0.3, -0.25) is 9.69 Å². The first-order valence-electron chi connectivity index (χ1n) is 8.62. The highest BCUT2D eigenvalue weighted by molar-refractivity contribution is 5.78. The van der Waals surface area contributed by atoms with Gasteiger partial charge < -0.3 is 14.8 Å². The fourth-order valence-electron chi connectivity index (χ4n) is 3.31. The van der Waals surface area contributed by atoms with Gasteiger partial charge in [-0.25, -0.2) is 4.39 Å². The van der Waals surface area contributed by atoms with Crippen molar-refractivity contribution in [3.63, 3.8) is 0 Å². The first-order chi connectivity index (χ1) is 11.6. The maximum Gasteiger partial charge on any atom is 0.234 e. The molecule has 0 spiro atoms. The third kappa shape index (κ3) is 4.32. The van der Waals surface area contributed by atoms with Crippen molar-refractivity contribution in [3.05, 3.63) is 35.1 Å². The molecule has 1 aromatic rings. The highest BCUT2D eigenvalue weighted by Gasteiger charge is 2.34. The molecule has 0 radical (unpaired) electrons. The van der Waals surface area contributed by atoms with Crippen molar-refractivity contribution in [2.45, 2.75) is 45.1 Å². The lowest BCUT2D eigenvalue weighted by Gasteiger charge is -2.37. The smallest absolute Gasteiger partial charge is 0.234 e. The summed E-state index contributed by atoms with van der Waals surface area (Å²) in [6.07, 6.45) is 2.99. The second-order valence-electron chi connectivity index (χ2n) is 6.50. The molecule has 132 valence electrons. The predicted octanol–water partition coefficient (Wildman–Crippen LogP) is 1.98. The zero-order chi connectivity index (χ0) is 16.9. The average molecular weight is 336 g/mol. The zero-order valence-electron chi connectivity index (χ0n) is 14.1. The van der Waals surface area contributed by atoms with Crippen molar-refractivity contribution in [3.8, 4) is 0 Å². The minimum Gasteiger partial charge on any atom is -0.351 e. The normalized spacial score (nSPS) is 22.7. The molecular weight excluding hydrogens is 311 g/mol. The number of aryl methyl sites for hydroxylation is 1. The molecule has 2 aliphatic heterocycles. The van der Waals surface area contributed by atoms with Gasteiger partial charge in [0, 0.05) is 6.54 Å². The summed E-state index contributed by atoms with van der Waals surface area (Å²) in [5.74, 6) is -0.297. The minimum absolute atomic E-state index is 0.0547. The van der Waals surface area contributed by atoms with Crippen molar-refractivity contribution in [2.24, 2.45) is 0 Å². The van der Waals surface area contributed by atoms with Crippen LogP contribution in [0.2, 0.25) is 0 Å². The number of likely N-dealkylation sites (tertiary alicyclic amines) is 1. The predicted molar refractivity (Wildman–Crippen MR) is 87.9 cm³/mol. The Hall–Kier alpha value is -1.50. The summed E-state index contributed by atoms with van der Waals surface area (Å²) in [7, 11) is 0. The first-order valence-corrected chi connectivity index (χ1v) is 8.62.